The molecule has 1 heterocycles. The van der Waals surface area contributed by atoms with E-state index in [9.17, 15) is 0 Å². The molecule has 0 saturated carbocycles. The normalized spacial score (nSPS) is 10.8. The maximum atomic E-state index is 5.87. The van der Waals surface area contributed by atoms with E-state index >= 15 is 0 Å². The third kappa shape index (κ3) is 2.59. The zero-order valence-electron chi connectivity index (χ0n) is 10.5. The van der Waals surface area contributed by atoms with Gasteiger partial charge in [0.1, 0.15) is 10.7 Å². The van der Waals surface area contributed by atoms with Crippen LogP contribution in [0.2, 0.25) is 0 Å². The summed E-state index contributed by atoms with van der Waals surface area (Å²) in [5.41, 5.74) is 7.31. The van der Waals surface area contributed by atoms with Crippen molar-refractivity contribution in [3.05, 3.63) is 36.0 Å². The van der Waals surface area contributed by atoms with Crippen molar-refractivity contribution in [2.45, 2.75) is 13.8 Å². The van der Waals surface area contributed by atoms with Gasteiger partial charge in [-0.15, -0.1) is 0 Å². The van der Waals surface area contributed by atoms with E-state index < -0.39 is 0 Å². The first-order valence-corrected chi connectivity index (χ1v) is 6.30. The summed E-state index contributed by atoms with van der Waals surface area (Å²) in [6.07, 6.45) is 1.68. The van der Waals surface area contributed by atoms with Gasteiger partial charge in [-0.25, -0.2) is 0 Å². The lowest BCUT2D eigenvalue weighted by atomic mass is 10.1. The molecule has 0 amide bonds. The Hall–Kier alpha value is -1.68. The molecular weight excluding hydrogens is 244 g/mol. The number of hydrogen-bond acceptors (Lipinski definition) is 3. The quantitative estimate of drug-likeness (QED) is 0.859. The first-order chi connectivity index (χ1) is 8.59. The highest BCUT2D eigenvalue weighted by Gasteiger charge is 2.12. The average molecular weight is 260 g/mol. The summed E-state index contributed by atoms with van der Waals surface area (Å²) in [6.45, 7) is 4.83. The number of thiocarbonyl (C=S) groups is 1. The number of para-hydroxylation sites is 1. The number of ether oxygens (including phenoxy) is 1. The van der Waals surface area contributed by atoms with E-state index in [1.807, 2.05) is 24.3 Å². The number of nitrogens with zero attached hydrogens (tertiary/aromatic N) is 1. The van der Waals surface area contributed by atoms with Gasteiger partial charge in [-0.05, 0) is 18.1 Å². The van der Waals surface area contributed by atoms with Crippen LogP contribution in [-0.2, 0) is 0 Å². The predicted octanol–water partition coefficient (Wildman–Crippen LogP) is 2.90. The Labute approximate surface area is 112 Å². The van der Waals surface area contributed by atoms with Crippen molar-refractivity contribution in [2.75, 3.05) is 6.61 Å². The minimum absolute atomic E-state index is 0.312. The van der Waals surface area contributed by atoms with Crippen LogP contribution in [-0.4, -0.2) is 16.6 Å². The lowest BCUT2D eigenvalue weighted by molar-refractivity contribution is 0.273. The standard InChI is InChI=1S/C14H16N2OS/c1-9(2)8-17-13-10-5-3-4-6-12(10)16-7-11(13)14(15)18/h3-7,9H,8H2,1-2H3,(H2,15,18). The molecule has 18 heavy (non-hydrogen) atoms. The Morgan fingerprint density at radius 2 is 2.11 bits per heavy atom. The zero-order chi connectivity index (χ0) is 13.1. The molecular formula is C14H16N2OS. The van der Waals surface area contributed by atoms with Crippen LogP contribution in [0.1, 0.15) is 19.4 Å². The SMILES string of the molecule is CC(C)COc1c(C(N)=S)cnc2ccccc12. The van der Waals surface area contributed by atoms with E-state index in [0.29, 0.717) is 23.1 Å². The molecule has 2 rings (SSSR count). The molecule has 0 saturated heterocycles. The van der Waals surface area contributed by atoms with Crippen LogP contribution in [0.25, 0.3) is 10.9 Å². The molecule has 3 nitrogen and oxygen atoms in total. The molecule has 0 aliphatic carbocycles. The fourth-order valence-corrected chi connectivity index (χ4v) is 1.84. The van der Waals surface area contributed by atoms with E-state index in [1.165, 1.54) is 0 Å². The minimum atomic E-state index is 0.312. The number of rotatable bonds is 4. The molecule has 0 aliphatic heterocycles. The molecule has 0 radical (unpaired) electrons. The molecule has 0 bridgehead atoms. The van der Waals surface area contributed by atoms with Crippen LogP contribution >= 0.6 is 12.2 Å². The molecule has 0 aliphatic rings. The second-order valence-electron chi connectivity index (χ2n) is 4.59. The summed E-state index contributed by atoms with van der Waals surface area (Å²) in [6, 6.07) is 7.82. The van der Waals surface area contributed by atoms with Crippen molar-refractivity contribution < 1.29 is 4.74 Å². The number of pyridine rings is 1. The summed E-state index contributed by atoms with van der Waals surface area (Å²) in [5.74, 6) is 1.18. The van der Waals surface area contributed by atoms with Gasteiger partial charge < -0.3 is 10.5 Å². The van der Waals surface area contributed by atoms with Gasteiger partial charge in [0.25, 0.3) is 0 Å². The summed E-state index contributed by atoms with van der Waals surface area (Å²) < 4.78 is 5.87. The molecule has 0 fully saturated rings. The van der Waals surface area contributed by atoms with Gasteiger partial charge in [0, 0.05) is 11.6 Å². The second kappa shape index (κ2) is 5.31. The molecule has 94 valence electrons. The van der Waals surface area contributed by atoms with Gasteiger partial charge in [0.15, 0.2) is 0 Å². The van der Waals surface area contributed by atoms with Gasteiger partial charge in [-0.1, -0.05) is 38.2 Å². The zero-order valence-corrected chi connectivity index (χ0v) is 11.3. The maximum absolute atomic E-state index is 5.87. The van der Waals surface area contributed by atoms with E-state index in [4.69, 9.17) is 22.7 Å². The van der Waals surface area contributed by atoms with Crippen molar-refractivity contribution in [3.63, 3.8) is 0 Å². The Kier molecular flexibility index (Phi) is 3.77. The van der Waals surface area contributed by atoms with E-state index in [1.54, 1.807) is 6.20 Å². The van der Waals surface area contributed by atoms with Crippen LogP contribution in [0.4, 0.5) is 0 Å². The van der Waals surface area contributed by atoms with Crippen LogP contribution < -0.4 is 10.5 Å². The van der Waals surface area contributed by atoms with Crippen molar-refractivity contribution in [3.8, 4) is 5.75 Å². The largest absolute Gasteiger partial charge is 0.492 e. The summed E-state index contributed by atoms with van der Waals surface area (Å²) in [5, 5.41) is 0.948. The molecule has 0 atom stereocenters. The fraction of sp³-hybridized carbons (Fsp3) is 0.286. The Morgan fingerprint density at radius 1 is 1.39 bits per heavy atom. The highest BCUT2D eigenvalue weighted by atomic mass is 32.1. The van der Waals surface area contributed by atoms with Gasteiger partial charge >= 0.3 is 0 Å². The topological polar surface area (TPSA) is 48.1 Å². The Morgan fingerprint density at radius 3 is 2.78 bits per heavy atom. The highest BCUT2D eigenvalue weighted by Crippen LogP contribution is 2.28. The molecule has 4 heteroatoms. The molecule has 2 N–H and O–H groups in total. The summed E-state index contributed by atoms with van der Waals surface area (Å²) >= 11 is 5.05. The van der Waals surface area contributed by atoms with Gasteiger partial charge in [-0.2, -0.15) is 0 Å². The third-order valence-corrected chi connectivity index (χ3v) is 2.77. The van der Waals surface area contributed by atoms with Crippen LogP contribution in [0.5, 0.6) is 5.75 Å². The first-order valence-electron chi connectivity index (χ1n) is 5.90. The van der Waals surface area contributed by atoms with Gasteiger partial charge in [-0.3, -0.25) is 4.98 Å². The Balaban J connectivity index is 2.55. The second-order valence-corrected chi connectivity index (χ2v) is 5.03. The number of nitrogens with two attached hydrogens (primary N) is 1. The highest BCUT2D eigenvalue weighted by molar-refractivity contribution is 7.80. The maximum Gasteiger partial charge on any atom is 0.140 e. The van der Waals surface area contributed by atoms with Crippen LogP contribution in [0.15, 0.2) is 30.5 Å². The minimum Gasteiger partial charge on any atom is -0.492 e. The van der Waals surface area contributed by atoms with Crippen LogP contribution in [0, 0.1) is 5.92 Å². The monoisotopic (exact) mass is 260 g/mol. The van der Waals surface area contributed by atoms with Crippen LogP contribution in [0.3, 0.4) is 0 Å². The van der Waals surface area contributed by atoms with Crippen molar-refractivity contribution in [2.24, 2.45) is 11.7 Å². The van der Waals surface area contributed by atoms with E-state index in [2.05, 4.69) is 18.8 Å². The molecule has 0 unspecified atom stereocenters. The number of benzene rings is 1. The van der Waals surface area contributed by atoms with Gasteiger partial charge in [0.2, 0.25) is 0 Å². The average Bonchev–Trinajstić information content (AvgIpc) is 2.35. The lowest BCUT2D eigenvalue weighted by Crippen LogP contribution is -2.14. The Bertz CT molecular complexity index is 581. The summed E-state index contributed by atoms with van der Waals surface area (Å²) in [4.78, 5) is 4.65. The molecule has 0 spiro atoms. The number of aromatic nitrogens is 1. The lowest BCUT2D eigenvalue weighted by Gasteiger charge is -2.14. The number of fused-ring (bicyclic) bond motifs is 1. The van der Waals surface area contributed by atoms with E-state index in [-0.39, 0.29) is 0 Å². The van der Waals surface area contributed by atoms with Crippen molar-refractivity contribution >= 4 is 28.1 Å². The first kappa shape index (κ1) is 12.8. The number of hydrogen-bond donors (Lipinski definition) is 1. The van der Waals surface area contributed by atoms with Crippen molar-refractivity contribution in [1.29, 1.82) is 0 Å². The smallest absolute Gasteiger partial charge is 0.140 e. The predicted molar refractivity (Wildman–Crippen MR) is 78.0 cm³/mol. The molecule has 1 aromatic carbocycles. The fourth-order valence-electron chi connectivity index (χ4n) is 1.70. The van der Waals surface area contributed by atoms with Crippen molar-refractivity contribution in [1.82, 2.24) is 4.98 Å². The third-order valence-electron chi connectivity index (χ3n) is 2.55. The van der Waals surface area contributed by atoms with Gasteiger partial charge in [0.05, 0.1) is 17.7 Å². The van der Waals surface area contributed by atoms with E-state index in [0.717, 1.165) is 16.7 Å². The molecule has 1 aromatic heterocycles. The molecule has 2 aromatic rings. The summed E-state index contributed by atoms with van der Waals surface area (Å²) in [7, 11) is 0.